The molecule has 1 aliphatic carbocycles. The highest BCUT2D eigenvalue weighted by atomic mass is 19.1. The number of halogens is 2. The predicted molar refractivity (Wildman–Crippen MR) is 132 cm³/mol. The van der Waals surface area contributed by atoms with Crippen LogP contribution in [0.25, 0.3) is 5.57 Å². The fourth-order valence-corrected chi connectivity index (χ4v) is 5.73. The molecule has 2 saturated heterocycles. The summed E-state index contributed by atoms with van der Waals surface area (Å²) in [4.78, 5) is 12.6. The standard InChI is InChI=1S/C28H39F2NO3/c1-25(2,3)33-24(32)31-23-7-6-20(14-22(23)19-8-10-26(4,5)11-9-19)21-15-27(17-29)12-13-28(16-21,18-30)34-27/h6-8,14,21H,9-13,15-18H2,1-5H3,(H,31,32). The molecule has 6 heteroatoms. The summed E-state index contributed by atoms with van der Waals surface area (Å²) in [7, 11) is 0. The molecular weight excluding hydrogens is 436 g/mol. The minimum absolute atomic E-state index is 0.0118. The Labute approximate surface area is 202 Å². The van der Waals surface area contributed by atoms with Crippen LogP contribution in [0.3, 0.4) is 0 Å². The Morgan fingerprint density at radius 3 is 2.29 bits per heavy atom. The van der Waals surface area contributed by atoms with Gasteiger partial charge in [0.25, 0.3) is 0 Å². The van der Waals surface area contributed by atoms with Crippen LogP contribution in [0.1, 0.15) is 96.6 Å². The summed E-state index contributed by atoms with van der Waals surface area (Å²) in [6.45, 7) is 8.87. The van der Waals surface area contributed by atoms with Gasteiger partial charge < -0.3 is 9.47 Å². The molecule has 2 heterocycles. The van der Waals surface area contributed by atoms with E-state index in [2.05, 4.69) is 31.3 Å². The van der Waals surface area contributed by atoms with Gasteiger partial charge in [-0.15, -0.1) is 0 Å². The van der Waals surface area contributed by atoms with Crippen molar-refractivity contribution in [2.24, 2.45) is 5.41 Å². The summed E-state index contributed by atoms with van der Waals surface area (Å²) in [5.74, 6) is 0.0118. The molecule has 2 atom stereocenters. The fourth-order valence-electron chi connectivity index (χ4n) is 5.73. The van der Waals surface area contributed by atoms with Gasteiger partial charge in [-0.2, -0.15) is 0 Å². The summed E-state index contributed by atoms with van der Waals surface area (Å²) in [6.07, 6.45) is 6.94. The molecule has 0 radical (unpaired) electrons. The molecule has 0 aromatic heterocycles. The second-order valence-electron chi connectivity index (χ2n) is 12.4. The van der Waals surface area contributed by atoms with Crippen molar-refractivity contribution < 1.29 is 23.0 Å². The highest BCUT2D eigenvalue weighted by Gasteiger charge is 2.55. The third kappa shape index (κ3) is 5.32. The van der Waals surface area contributed by atoms with Crippen LogP contribution in [0.15, 0.2) is 24.3 Å². The number of anilines is 1. The van der Waals surface area contributed by atoms with E-state index in [1.54, 1.807) is 0 Å². The maximum atomic E-state index is 14.0. The molecule has 4 rings (SSSR count). The zero-order valence-corrected chi connectivity index (χ0v) is 21.2. The summed E-state index contributed by atoms with van der Waals surface area (Å²) in [6, 6.07) is 6.01. The van der Waals surface area contributed by atoms with Crippen molar-refractivity contribution in [3.63, 3.8) is 0 Å². The average Bonchev–Trinajstić information content (AvgIpc) is 3.04. The van der Waals surface area contributed by atoms with Crippen LogP contribution >= 0.6 is 0 Å². The Hall–Kier alpha value is -1.95. The first-order chi connectivity index (χ1) is 15.9. The lowest BCUT2D eigenvalue weighted by molar-refractivity contribution is -0.159. The van der Waals surface area contributed by atoms with Crippen LogP contribution in [0.5, 0.6) is 0 Å². The quantitative estimate of drug-likeness (QED) is 0.474. The molecule has 2 bridgehead atoms. The van der Waals surface area contributed by atoms with E-state index in [1.165, 1.54) is 5.57 Å². The first-order valence-electron chi connectivity index (χ1n) is 12.5. The zero-order valence-electron chi connectivity index (χ0n) is 21.2. The SMILES string of the molecule is CC1(C)CC=C(c2cc(C3CC4(CF)CCC(CF)(C3)O4)ccc2NC(=O)OC(C)(C)C)CC1. The molecule has 0 spiro atoms. The van der Waals surface area contributed by atoms with Gasteiger partial charge in [0.05, 0.1) is 16.9 Å². The van der Waals surface area contributed by atoms with Crippen LogP contribution in [0.2, 0.25) is 0 Å². The summed E-state index contributed by atoms with van der Waals surface area (Å²) in [5.41, 5.74) is 1.83. The number of carbonyl (C=O) groups excluding carboxylic acids is 1. The van der Waals surface area contributed by atoms with Crippen molar-refractivity contribution in [3.05, 3.63) is 35.4 Å². The minimum Gasteiger partial charge on any atom is -0.444 e. The average molecular weight is 476 g/mol. The van der Waals surface area contributed by atoms with Crippen LogP contribution in [-0.4, -0.2) is 36.2 Å². The number of nitrogens with one attached hydrogen (secondary N) is 1. The molecule has 2 unspecified atom stereocenters. The van der Waals surface area contributed by atoms with Gasteiger partial charge in [0.2, 0.25) is 0 Å². The van der Waals surface area contributed by atoms with Gasteiger partial charge in [0.1, 0.15) is 19.0 Å². The predicted octanol–water partition coefficient (Wildman–Crippen LogP) is 7.73. The van der Waals surface area contributed by atoms with Crippen molar-refractivity contribution in [1.82, 2.24) is 0 Å². The number of alkyl halides is 2. The van der Waals surface area contributed by atoms with E-state index >= 15 is 0 Å². The van der Waals surface area contributed by atoms with E-state index in [9.17, 15) is 13.6 Å². The number of allylic oxidation sites excluding steroid dienone is 2. The van der Waals surface area contributed by atoms with E-state index in [0.29, 0.717) is 31.4 Å². The molecule has 2 fully saturated rings. The van der Waals surface area contributed by atoms with Crippen LogP contribution in [-0.2, 0) is 9.47 Å². The van der Waals surface area contributed by atoms with Gasteiger partial charge >= 0.3 is 6.09 Å². The lowest BCUT2D eigenvalue weighted by Crippen LogP contribution is -2.45. The monoisotopic (exact) mass is 475 g/mol. The van der Waals surface area contributed by atoms with Crippen LogP contribution in [0.4, 0.5) is 19.3 Å². The number of rotatable bonds is 5. The van der Waals surface area contributed by atoms with Gasteiger partial charge in [-0.25, -0.2) is 13.6 Å². The van der Waals surface area contributed by atoms with Crippen LogP contribution in [0, 0.1) is 5.41 Å². The number of hydrogen-bond acceptors (Lipinski definition) is 3. The van der Waals surface area contributed by atoms with Crippen molar-refractivity contribution >= 4 is 17.4 Å². The zero-order chi connectivity index (χ0) is 24.8. The molecule has 1 aromatic carbocycles. The number of fused-ring (bicyclic) bond motifs is 2. The van der Waals surface area contributed by atoms with Crippen molar-refractivity contribution in [3.8, 4) is 0 Å². The van der Waals surface area contributed by atoms with Gasteiger partial charge in [-0.05, 0) is 100 Å². The number of carbonyl (C=O) groups is 1. The van der Waals surface area contributed by atoms with Crippen LogP contribution < -0.4 is 5.32 Å². The van der Waals surface area contributed by atoms with Gasteiger partial charge in [-0.1, -0.05) is 26.0 Å². The normalized spacial score (nSPS) is 30.6. The molecule has 2 aliphatic heterocycles. The van der Waals surface area contributed by atoms with E-state index in [0.717, 1.165) is 30.4 Å². The highest BCUT2D eigenvalue weighted by Crippen LogP contribution is 2.54. The molecule has 4 nitrogen and oxygen atoms in total. The van der Waals surface area contributed by atoms with Crippen molar-refractivity contribution in [2.45, 2.75) is 102 Å². The van der Waals surface area contributed by atoms with Gasteiger partial charge in [-0.3, -0.25) is 5.32 Å². The van der Waals surface area contributed by atoms with E-state index < -0.39 is 36.2 Å². The largest absolute Gasteiger partial charge is 0.444 e. The molecule has 1 N–H and O–H groups in total. The maximum absolute atomic E-state index is 14.0. The Morgan fingerprint density at radius 1 is 1.12 bits per heavy atom. The molecule has 1 aromatic rings. The Balaban J connectivity index is 1.67. The topological polar surface area (TPSA) is 47.6 Å². The van der Waals surface area contributed by atoms with Gasteiger partial charge in [0.15, 0.2) is 0 Å². The number of ether oxygens (including phenoxy) is 2. The van der Waals surface area contributed by atoms with E-state index in [4.69, 9.17) is 9.47 Å². The third-order valence-electron chi connectivity index (χ3n) is 7.66. The van der Waals surface area contributed by atoms with E-state index in [-0.39, 0.29) is 11.3 Å². The summed E-state index contributed by atoms with van der Waals surface area (Å²) in [5, 5.41) is 2.94. The molecule has 3 aliphatic rings. The van der Waals surface area contributed by atoms with E-state index in [1.807, 2.05) is 32.9 Å². The molecule has 0 saturated carbocycles. The highest BCUT2D eigenvalue weighted by molar-refractivity contribution is 5.90. The lowest BCUT2D eigenvalue weighted by Gasteiger charge is -2.42. The Kier molecular flexibility index (Phi) is 6.60. The molecular formula is C28H39F2NO3. The van der Waals surface area contributed by atoms with Gasteiger partial charge in [0, 0.05) is 5.56 Å². The second-order valence-corrected chi connectivity index (χ2v) is 12.4. The second kappa shape index (κ2) is 8.92. The fraction of sp³-hybridized carbons (Fsp3) is 0.679. The lowest BCUT2D eigenvalue weighted by atomic mass is 9.75. The maximum Gasteiger partial charge on any atom is 0.412 e. The minimum atomic E-state index is -0.878. The first-order valence-corrected chi connectivity index (χ1v) is 12.5. The number of benzene rings is 1. The summed E-state index contributed by atoms with van der Waals surface area (Å²) >= 11 is 0. The first kappa shape index (κ1) is 25.2. The molecule has 1 amide bonds. The molecule has 34 heavy (non-hydrogen) atoms. The number of hydrogen-bond donors (Lipinski definition) is 1. The Morgan fingerprint density at radius 2 is 1.76 bits per heavy atom. The molecule has 188 valence electrons. The Bertz CT molecular complexity index is 947. The third-order valence-corrected chi connectivity index (χ3v) is 7.66. The van der Waals surface area contributed by atoms with Crippen molar-refractivity contribution in [1.29, 1.82) is 0 Å². The number of amides is 1. The smallest absolute Gasteiger partial charge is 0.412 e. The van der Waals surface area contributed by atoms with Crippen molar-refractivity contribution in [2.75, 3.05) is 18.7 Å². The summed E-state index contributed by atoms with van der Waals surface area (Å²) < 4.78 is 39.5.